The lowest BCUT2D eigenvalue weighted by molar-refractivity contribution is 0.770. The van der Waals surface area contributed by atoms with Crippen molar-refractivity contribution in [3.63, 3.8) is 0 Å². The van der Waals surface area contributed by atoms with E-state index in [0.717, 1.165) is 22.6 Å². The van der Waals surface area contributed by atoms with E-state index in [-0.39, 0.29) is 0 Å². The first-order chi connectivity index (χ1) is 8.09. The van der Waals surface area contributed by atoms with Crippen LogP contribution in [0.2, 0.25) is 0 Å². The average molecular weight is 246 g/mol. The second-order valence-corrected chi connectivity index (χ2v) is 4.60. The standard InChI is InChI=1S/C12H14N4S/c1-7(2)11-15-10(8(3)12(17)16-11)9-4-13-6-14-5-9/h4-7H,1-3H3,(H,15,16,17). The van der Waals surface area contributed by atoms with Gasteiger partial charge in [-0.15, -0.1) is 0 Å². The summed E-state index contributed by atoms with van der Waals surface area (Å²) in [7, 11) is 0. The Hall–Kier alpha value is -1.62. The fraction of sp³-hybridized carbons (Fsp3) is 0.333. The molecule has 0 fully saturated rings. The molecular weight excluding hydrogens is 232 g/mol. The molecule has 0 unspecified atom stereocenters. The molecule has 1 N–H and O–H groups in total. The molecular formula is C12H14N4S. The highest BCUT2D eigenvalue weighted by Crippen LogP contribution is 2.21. The minimum atomic E-state index is 0.306. The minimum Gasteiger partial charge on any atom is -0.343 e. The molecule has 0 aliphatic carbocycles. The molecule has 2 aromatic heterocycles. The van der Waals surface area contributed by atoms with Crippen LogP contribution in [0.15, 0.2) is 18.7 Å². The molecule has 0 aliphatic rings. The molecule has 0 atom stereocenters. The normalized spacial score (nSPS) is 10.8. The third-order valence-corrected chi connectivity index (χ3v) is 2.96. The van der Waals surface area contributed by atoms with E-state index in [2.05, 4.69) is 33.8 Å². The summed E-state index contributed by atoms with van der Waals surface area (Å²) in [6.07, 6.45) is 5.05. The number of nitrogens with zero attached hydrogens (tertiary/aromatic N) is 3. The Labute approximate surface area is 105 Å². The molecule has 0 amide bonds. The third kappa shape index (κ3) is 2.39. The van der Waals surface area contributed by atoms with E-state index < -0.39 is 0 Å². The topological polar surface area (TPSA) is 54.5 Å². The van der Waals surface area contributed by atoms with Crippen LogP contribution in [0, 0.1) is 11.6 Å². The van der Waals surface area contributed by atoms with Crippen LogP contribution in [0.25, 0.3) is 11.3 Å². The van der Waals surface area contributed by atoms with Gasteiger partial charge < -0.3 is 4.98 Å². The lowest BCUT2D eigenvalue weighted by atomic mass is 10.1. The van der Waals surface area contributed by atoms with Gasteiger partial charge in [-0.25, -0.2) is 15.0 Å². The quantitative estimate of drug-likeness (QED) is 0.827. The molecule has 0 radical (unpaired) electrons. The molecule has 0 saturated heterocycles. The van der Waals surface area contributed by atoms with E-state index in [1.54, 1.807) is 12.4 Å². The number of hydrogen-bond donors (Lipinski definition) is 1. The molecule has 0 aliphatic heterocycles. The van der Waals surface area contributed by atoms with Crippen molar-refractivity contribution in [1.82, 2.24) is 19.9 Å². The van der Waals surface area contributed by atoms with Gasteiger partial charge in [0.05, 0.1) is 5.69 Å². The molecule has 0 aromatic carbocycles. The van der Waals surface area contributed by atoms with E-state index in [1.165, 1.54) is 6.33 Å². The monoisotopic (exact) mass is 246 g/mol. The van der Waals surface area contributed by atoms with E-state index >= 15 is 0 Å². The summed E-state index contributed by atoms with van der Waals surface area (Å²) in [6.45, 7) is 6.11. The van der Waals surface area contributed by atoms with Crippen LogP contribution in [0.3, 0.4) is 0 Å². The maximum absolute atomic E-state index is 5.28. The van der Waals surface area contributed by atoms with Crippen molar-refractivity contribution < 1.29 is 0 Å². The summed E-state index contributed by atoms with van der Waals surface area (Å²) in [5.74, 6) is 1.19. The van der Waals surface area contributed by atoms with Gasteiger partial charge in [-0.1, -0.05) is 26.1 Å². The van der Waals surface area contributed by atoms with Crippen LogP contribution < -0.4 is 0 Å². The van der Waals surface area contributed by atoms with Gasteiger partial charge in [-0.05, 0) is 6.92 Å². The Kier molecular flexibility index (Phi) is 3.28. The van der Waals surface area contributed by atoms with Gasteiger partial charge in [0.25, 0.3) is 0 Å². The summed E-state index contributed by atoms with van der Waals surface area (Å²) in [6, 6.07) is 0. The second-order valence-electron chi connectivity index (χ2n) is 4.21. The second kappa shape index (κ2) is 4.71. The van der Waals surface area contributed by atoms with Crippen LogP contribution in [0.4, 0.5) is 0 Å². The predicted octanol–water partition coefficient (Wildman–Crippen LogP) is 3.03. The summed E-state index contributed by atoms with van der Waals surface area (Å²) in [4.78, 5) is 15.7. The lowest BCUT2D eigenvalue weighted by Crippen LogP contribution is -2.02. The highest BCUT2D eigenvalue weighted by Gasteiger charge is 2.09. The molecule has 17 heavy (non-hydrogen) atoms. The number of rotatable bonds is 2. The van der Waals surface area contributed by atoms with Crippen molar-refractivity contribution in [3.8, 4) is 11.3 Å². The third-order valence-electron chi connectivity index (χ3n) is 2.57. The van der Waals surface area contributed by atoms with Crippen molar-refractivity contribution in [2.45, 2.75) is 26.7 Å². The zero-order chi connectivity index (χ0) is 12.4. The summed E-state index contributed by atoms with van der Waals surface area (Å²) in [5.41, 5.74) is 2.84. The molecule has 0 spiro atoms. The number of aromatic amines is 1. The summed E-state index contributed by atoms with van der Waals surface area (Å²) >= 11 is 5.28. The Morgan fingerprint density at radius 3 is 2.47 bits per heavy atom. The van der Waals surface area contributed by atoms with E-state index in [1.807, 2.05) is 6.92 Å². The molecule has 0 saturated carbocycles. The first-order valence-electron chi connectivity index (χ1n) is 5.45. The minimum absolute atomic E-state index is 0.306. The van der Waals surface area contributed by atoms with E-state index in [4.69, 9.17) is 12.2 Å². The van der Waals surface area contributed by atoms with Crippen LogP contribution in [-0.2, 0) is 0 Å². The van der Waals surface area contributed by atoms with Gasteiger partial charge in [0.2, 0.25) is 0 Å². The molecule has 2 rings (SSSR count). The first-order valence-corrected chi connectivity index (χ1v) is 5.86. The molecule has 0 bridgehead atoms. The molecule has 4 nitrogen and oxygen atoms in total. The number of aromatic nitrogens is 4. The zero-order valence-electron chi connectivity index (χ0n) is 10.1. The van der Waals surface area contributed by atoms with Gasteiger partial charge >= 0.3 is 0 Å². The van der Waals surface area contributed by atoms with Crippen molar-refractivity contribution >= 4 is 12.2 Å². The van der Waals surface area contributed by atoms with Gasteiger partial charge in [0, 0.05) is 29.4 Å². The highest BCUT2D eigenvalue weighted by atomic mass is 32.1. The Morgan fingerprint density at radius 2 is 1.88 bits per heavy atom. The van der Waals surface area contributed by atoms with Crippen LogP contribution >= 0.6 is 12.2 Å². The fourth-order valence-corrected chi connectivity index (χ4v) is 1.74. The Bertz CT molecular complexity index is 575. The summed E-state index contributed by atoms with van der Waals surface area (Å²) < 4.78 is 0.631. The van der Waals surface area contributed by atoms with Crippen LogP contribution in [0.5, 0.6) is 0 Å². The van der Waals surface area contributed by atoms with Gasteiger partial charge in [0.15, 0.2) is 0 Å². The summed E-state index contributed by atoms with van der Waals surface area (Å²) in [5, 5.41) is 0. The maximum Gasteiger partial charge on any atom is 0.133 e. The van der Waals surface area contributed by atoms with Gasteiger partial charge in [0.1, 0.15) is 16.8 Å². The number of nitrogens with one attached hydrogen (secondary N) is 1. The van der Waals surface area contributed by atoms with E-state index in [9.17, 15) is 0 Å². The Balaban J connectivity index is 2.65. The molecule has 2 heterocycles. The predicted molar refractivity (Wildman–Crippen MR) is 69.3 cm³/mol. The van der Waals surface area contributed by atoms with Crippen molar-refractivity contribution in [2.75, 3.05) is 0 Å². The largest absolute Gasteiger partial charge is 0.343 e. The smallest absolute Gasteiger partial charge is 0.133 e. The Morgan fingerprint density at radius 1 is 1.24 bits per heavy atom. The van der Waals surface area contributed by atoms with Crippen LogP contribution in [-0.4, -0.2) is 19.9 Å². The van der Waals surface area contributed by atoms with Crippen molar-refractivity contribution in [1.29, 1.82) is 0 Å². The highest BCUT2D eigenvalue weighted by molar-refractivity contribution is 7.71. The molecule has 88 valence electrons. The van der Waals surface area contributed by atoms with Gasteiger partial charge in [-0.2, -0.15) is 0 Å². The van der Waals surface area contributed by atoms with Crippen molar-refractivity contribution in [2.24, 2.45) is 0 Å². The number of hydrogen-bond acceptors (Lipinski definition) is 4. The molecule has 2 aromatic rings. The maximum atomic E-state index is 5.28. The van der Waals surface area contributed by atoms with E-state index in [0.29, 0.717) is 10.6 Å². The lowest BCUT2D eigenvalue weighted by Gasteiger charge is -2.11. The first kappa shape index (κ1) is 11.9. The average Bonchev–Trinajstić information content (AvgIpc) is 2.33. The van der Waals surface area contributed by atoms with Crippen molar-refractivity contribution in [3.05, 3.63) is 34.7 Å². The molecule has 5 heteroatoms. The number of H-pyrrole nitrogens is 1. The van der Waals surface area contributed by atoms with Crippen LogP contribution in [0.1, 0.15) is 31.2 Å². The van der Waals surface area contributed by atoms with Gasteiger partial charge in [-0.3, -0.25) is 0 Å². The zero-order valence-corrected chi connectivity index (χ0v) is 10.9. The fourth-order valence-electron chi connectivity index (χ4n) is 1.54. The SMILES string of the molecule is Cc1c(-c2cncnc2)[nH]c(C(C)C)nc1=S.